The summed E-state index contributed by atoms with van der Waals surface area (Å²) in [5, 5.41) is 17.6. The van der Waals surface area contributed by atoms with Crippen molar-refractivity contribution in [1.82, 2.24) is 0 Å². The van der Waals surface area contributed by atoms with Crippen molar-refractivity contribution in [3.8, 4) is 0 Å². The van der Waals surface area contributed by atoms with E-state index in [1.54, 1.807) is 32.0 Å². The molecule has 1 aromatic carbocycles. The van der Waals surface area contributed by atoms with E-state index in [9.17, 15) is 9.59 Å². The van der Waals surface area contributed by atoms with Gasteiger partial charge in [0.05, 0.1) is 12.0 Å². The maximum atomic E-state index is 10.9. The lowest BCUT2D eigenvalue weighted by Crippen LogP contribution is -2.06. The van der Waals surface area contributed by atoms with Crippen molar-refractivity contribution in [2.24, 2.45) is 0 Å². The van der Waals surface area contributed by atoms with Crippen molar-refractivity contribution >= 4 is 11.9 Å². The van der Waals surface area contributed by atoms with Crippen LogP contribution in [0.1, 0.15) is 40.7 Å². The fourth-order valence-corrected chi connectivity index (χ4v) is 1.56. The first-order valence-electron chi connectivity index (χ1n) is 4.97. The molecule has 0 radical (unpaired) electrons. The molecular weight excluding hydrogens is 208 g/mol. The molecule has 0 aliphatic heterocycles. The molecule has 2 N–H and O–H groups in total. The SMILES string of the molecule is Cc1ccc(C(C)CC(=O)O)cc1C(=O)O. The highest BCUT2D eigenvalue weighted by Gasteiger charge is 2.13. The van der Waals surface area contributed by atoms with Gasteiger partial charge in [-0.2, -0.15) is 0 Å². The Labute approximate surface area is 93.5 Å². The molecule has 0 saturated heterocycles. The average Bonchev–Trinajstić information content (AvgIpc) is 2.16. The molecule has 0 heterocycles. The summed E-state index contributed by atoms with van der Waals surface area (Å²) < 4.78 is 0. The maximum absolute atomic E-state index is 10.9. The van der Waals surface area contributed by atoms with Crippen LogP contribution in [0.15, 0.2) is 18.2 Å². The fraction of sp³-hybridized carbons (Fsp3) is 0.333. The zero-order chi connectivity index (χ0) is 12.3. The van der Waals surface area contributed by atoms with Crippen LogP contribution in [0.25, 0.3) is 0 Å². The van der Waals surface area contributed by atoms with Crippen molar-refractivity contribution in [2.75, 3.05) is 0 Å². The summed E-state index contributed by atoms with van der Waals surface area (Å²) in [6, 6.07) is 5.03. The number of hydrogen-bond donors (Lipinski definition) is 2. The highest BCUT2D eigenvalue weighted by atomic mass is 16.4. The first-order valence-corrected chi connectivity index (χ1v) is 4.97. The Hall–Kier alpha value is -1.84. The van der Waals surface area contributed by atoms with Crippen LogP contribution >= 0.6 is 0 Å². The van der Waals surface area contributed by atoms with Gasteiger partial charge in [-0.3, -0.25) is 4.79 Å². The third-order valence-corrected chi connectivity index (χ3v) is 2.54. The molecule has 1 rings (SSSR count). The van der Waals surface area contributed by atoms with Crippen LogP contribution in [0.4, 0.5) is 0 Å². The molecule has 0 aromatic heterocycles. The molecule has 0 bridgehead atoms. The standard InChI is InChI=1S/C12H14O4/c1-7-3-4-9(6-10(7)12(15)16)8(2)5-11(13)14/h3-4,6,8H,5H2,1-2H3,(H,13,14)(H,15,16). The third kappa shape index (κ3) is 2.82. The number of hydrogen-bond acceptors (Lipinski definition) is 2. The second-order valence-corrected chi connectivity index (χ2v) is 3.88. The Morgan fingerprint density at radius 3 is 2.44 bits per heavy atom. The lowest BCUT2D eigenvalue weighted by molar-refractivity contribution is -0.137. The van der Waals surface area contributed by atoms with Gasteiger partial charge in [-0.15, -0.1) is 0 Å². The first kappa shape index (κ1) is 12.2. The third-order valence-electron chi connectivity index (χ3n) is 2.54. The smallest absolute Gasteiger partial charge is 0.335 e. The normalized spacial score (nSPS) is 12.1. The van der Waals surface area contributed by atoms with E-state index < -0.39 is 11.9 Å². The van der Waals surface area contributed by atoms with E-state index in [0.29, 0.717) is 5.56 Å². The lowest BCUT2D eigenvalue weighted by atomic mass is 9.94. The molecule has 1 unspecified atom stereocenters. The number of carbonyl (C=O) groups is 2. The van der Waals surface area contributed by atoms with E-state index in [0.717, 1.165) is 5.56 Å². The summed E-state index contributed by atoms with van der Waals surface area (Å²) in [5.41, 5.74) is 1.65. The summed E-state index contributed by atoms with van der Waals surface area (Å²) in [4.78, 5) is 21.5. The predicted molar refractivity (Wildman–Crippen MR) is 58.8 cm³/mol. The molecule has 1 atom stereocenters. The van der Waals surface area contributed by atoms with E-state index in [4.69, 9.17) is 10.2 Å². The summed E-state index contributed by atoms with van der Waals surface area (Å²) in [6.07, 6.45) is 0.00210. The molecule has 86 valence electrons. The summed E-state index contributed by atoms with van der Waals surface area (Å²) in [7, 11) is 0. The van der Waals surface area contributed by atoms with Gasteiger partial charge >= 0.3 is 11.9 Å². The molecule has 1 aromatic rings. The van der Waals surface area contributed by atoms with Gasteiger partial charge in [0.1, 0.15) is 0 Å². The van der Waals surface area contributed by atoms with Crippen molar-refractivity contribution < 1.29 is 19.8 Å². The van der Waals surface area contributed by atoms with Crippen LogP contribution in [0.2, 0.25) is 0 Å². The molecule has 4 heteroatoms. The highest BCUT2D eigenvalue weighted by Crippen LogP contribution is 2.21. The monoisotopic (exact) mass is 222 g/mol. The van der Waals surface area contributed by atoms with E-state index in [2.05, 4.69) is 0 Å². The molecule has 0 saturated carbocycles. The number of aryl methyl sites for hydroxylation is 1. The molecule has 16 heavy (non-hydrogen) atoms. The first-order chi connectivity index (χ1) is 7.41. The van der Waals surface area contributed by atoms with Gasteiger partial charge in [-0.05, 0) is 30.0 Å². The number of aromatic carboxylic acids is 1. The van der Waals surface area contributed by atoms with Gasteiger partial charge < -0.3 is 10.2 Å². The Bertz CT molecular complexity index is 423. The molecular formula is C12H14O4. The lowest BCUT2D eigenvalue weighted by Gasteiger charge is -2.11. The summed E-state index contributed by atoms with van der Waals surface area (Å²) in [6.45, 7) is 3.49. The second kappa shape index (κ2) is 4.79. The van der Waals surface area contributed by atoms with E-state index >= 15 is 0 Å². The summed E-state index contributed by atoms with van der Waals surface area (Å²) in [5.74, 6) is -2.05. The number of aliphatic carboxylic acids is 1. The number of rotatable bonds is 4. The van der Waals surface area contributed by atoms with E-state index in [1.807, 2.05) is 0 Å². The molecule has 0 fully saturated rings. The van der Waals surface area contributed by atoms with Crippen LogP contribution in [-0.4, -0.2) is 22.2 Å². The number of carboxylic acids is 2. The van der Waals surface area contributed by atoms with Crippen LogP contribution < -0.4 is 0 Å². The van der Waals surface area contributed by atoms with Crippen molar-refractivity contribution in [3.63, 3.8) is 0 Å². The Kier molecular flexibility index (Phi) is 3.66. The van der Waals surface area contributed by atoms with Crippen LogP contribution in [0, 0.1) is 6.92 Å². The average molecular weight is 222 g/mol. The van der Waals surface area contributed by atoms with Gasteiger partial charge in [0.15, 0.2) is 0 Å². The van der Waals surface area contributed by atoms with Gasteiger partial charge in [0, 0.05) is 0 Å². The summed E-state index contributed by atoms with van der Waals surface area (Å²) >= 11 is 0. The Morgan fingerprint density at radius 2 is 1.94 bits per heavy atom. The highest BCUT2D eigenvalue weighted by molar-refractivity contribution is 5.89. The topological polar surface area (TPSA) is 74.6 Å². The zero-order valence-electron chi connectivity index (χ0n) is 9.23. The molecule has 4 nitrogen and oxygen atoms in total. The van der Waals surface area contributed by atoms with Gasteiger partial charge in [-0.1, -0.05) is 19.1 Å². The fourth-order valence-electron chi connectivity index (χ4n) is 1.56. The Balaban J connectivity index is 3.02. The number of carboxylic acid groups (broad SMARTS) is 2. The van der Waals surface area contributed by atoms with Crippen LogP contribution in [-0.2, 0) is 4.79 Å². The van der Waals surface area contributed by atoms with Crippen LogP contribution in [0.3, 0.4) is 0 Å². The minimum absolute atomic E-state index is 0.00210. The van der Waals surface area contributed by atoms with E-state index in [-0.39, 0.29) is 17.9 Å². The molecule has 0 aliphatic rings. The minimum atomic E-state index is -0.984. The van der Waals surface area contributed by atoms with Gasteiger partial charge in [0.25, 0.3) is 0 Å². The van der Waals surface area contributed by atoms with Crippen molar-refractivity contribution in [1.29, 1.82) is 0 Å². The number of benzene rings is 1. The van der Waals surface area contributed by atoms with Crippen molar-refractivity contribution in [3.05, 3.63) is 34.9 Å². The Morgan fingerprint density at radius 1 is 1.31 bits per heavy atom. The van der Waals surface area contributed by atoms with E-state index in [1.165, 1.54) is 0 Å². The maximum Gasteiger partial charge on any atom is 0.335 e. The van der Waals surface area contributed by atoms with Gasteiger partial charge in [0.2, 0.25) is 0 Å². The van der Waals surface area contributed by atoms with Crippen molar-refractivity contribution in [2.45, 2.75) is 26.2 Å². The molecule has 0 amide bonds. The zero-order valence-corrected chi connectivity index (χ0v) is 9.23. The largest absolute Gasteiger partial charge is 0.481 e. The second-order valence-electron chi connectivity index (χ2n) is 3.88. The van der Waals surface area contributed by atoms with Gasteiger partial charge in [-0.25, -0.2) is 4.79 Å². The molecule has 0 aliphatic carbocycles. The molecule has 0 spiro atoms. The quantitative estimate of drug-likeness (QED) is 0.819. The minimum Gasteiger partial charge on any atom is -0.481 e. The predicted octanol–water partition coefficient (Wildman–Crippen LogP) is 2.27. The van der Waals surface area contributed by atoms with Crippen LogP contribution in [0.5, 0.6) is 0 Å².